The first-order valence-electron chi connectivity index (χ1n) is 7.28. The van der Waals surface area contributed by atoms with E-state index in [-0.39, 0.29) is 17.3 Å². The van der Waals surface area contributed by atoms with Gasteiger partial charge in [0.15, 0.2) is 0 Å². The summed E-state index contributed by atoms with van der Waals surface area (Å²) in [5.41, 5.74) is 2.93. The Morgan fingerprint density at radius 1 is 1.26 bits per heavy atom. The predicted octanol–water partition coefficient (Wildman–Crippen LogP) is 0.908. The Kier molecular flexibility index (Phi) is 6.23. The van der Waals surface area contributed by atoms with Crippen molar-refractivity contribution in [3.05, 3.63) is 0 Å². The van der Waals surface area contributed by atoms with Gasteiger partial charge in [0, 0.05) is 17.8 Å². The highest BCUT2D eigenvalue weighted by atomic mass is 32.2. The lowest BCUT2D eigenvalue weighted by atomic mass is 9.84. The number of hydrazine groups is 1. The number of nitrogens with one attached hydrogen (secondary N) is 1. The summed E-state index contributed by atoms with van der Waals surface area (Å²) in [7, 11) is -2.94. The molecule has 0 aromatic heterocycles. The zero-order chi connectivity index (χ0) is 14.5. The van der Waals surface area contributed by atoms with Gasteiger partial charge in [-0.3, -0.25) is 16.2 Å². The Balaban J connectivity index is 2.88. The van der Waals surface area contributed by atoms with E-state index in [2.05, 4.69) is 24.2 Å². The molecule has 114 valence electrons. The maximum atomic E-state index is 11.4. The zero-order valence-electron chi connectivity index (χ0n) is 12.5. The number of nitrogens with two attached hydrogens (primary N) is 1. The van der Waals surface area contributed by atoms with Crippen LogP contribution in [0.5, 0.6) is 0 Å². The smallest absolute Gasteiger partial charge is 0.147 e. The monoisotopic (exact) mass is 291 g/mol. The third kappa shape index (κ3) is 4.15. The zero-order valence-corrected chi connectivity index (χ0v) is 13.3. The highest BCUT2D eigenvalue weighted by Gasteiger charge is 2.44. The van der Waals surface area contributed by atoms with Gasteiger partial charge in [0.05, 0.1) is 5.75 Å². The lowest BCUT2D eigenvalue weighted by molar-refractivity contribution is 0.0618. The van der Waals surface area contributed by atoms with E-state index in [0.29, 0.717) is 6.42 Å². The molecule has 1 saturated carbocycles. The second kappa shape index (κ2) is 7.02. The first-order chi connectivity index (χ1) is 8.89. The molecule has 19 heavy (non-hydrogen) atoms. The lowest BCUT2D eigenvalue weighted by Gasteiger charge is -2.46. The summed E-state index contributed by atoms with van der Waals surface area (Å²) in [6.45, 7) is 6.28. The van der Waals surface area contributed by atoms with Gasteiger partial charge in [-0.05, 0) is 32.4 Å². The van der Waals surface area contributed by atoms with E-state index in [9.17, 15) is 8.42 Å². The molecule has 0 heterocycles. The fourth-order valence-electron chi connectivity index (χ4n) is 3.56. The highest BCUT2D eigenvalue weighted by Crippen LogP contribution is 2.39. The molecule has 1 atom stereocenters. The van der Waals surface area contributed by atoms with E-state index in [4.69, 9.17) is 5.84 Å². The summed E-state index contributed by atoms with van der Waals surface area (Å²) in [5.74, 6) is 5.94. The second-order valence-corrected chi connectivity index (χ2v) is 7.88. The van der Waals surface area contributed by atoms with E-state index in [1.54, 1.807) is 0 Å². The van der Waals surface area contributed by atoms with Crippen LogP contribution in [0.4, 0.5) is 0 Å². The van der Waals surface area contributed by atoms with Gasteiger partial charge >= 0.3 is 0 Å². The molecular weight excluding hydrogens is 262 g/mol. The largest absolute Gasteiger partial charge is 0.297 e. The van der Waals surface area contributed by atoms with Crippen molar-refractivity contribution in [3.8, 4) is 0 Å². The van der Waals surface area contributed by atoms with Gasteiger partial charge in [-0.1, -0.05) is 26.7 Å². The Morgan fingerprint density at radius 2 is 1.79 bits per heavy atom. The van der Waals surface area contributed by atoms with Crippen LogP contribution >= 0.6 is 0 Å². The molecule has 0 saturated heterocycles. The highest BCUT2D eigenvalue weighted by molar-refractivity contribution is 7.90. The Labute approximate surface area is 117 Å². The van der Waals surface area contributed by atoms with Crippen molar-refractivity contribution < 1.29 is 8.42 Å². The van der Waals surface area contributed by atoms with Crippen molar-refractivity contribution in [3.63, 3.8) is 0 Å². The lowest BCUT2D eigenvalue weighted by Crippen LogP contribution is -2.61. The van der Waals surface area contributed by atoms with Gasteiger partial charge in [0.1, 0.15) is 9.84 Å². The molecule has 1 fully saturated rings. The summed E-state index contributed by atoms with van der Waals surface area (Å²) in [6, 6.07) is 0.0459. The van der Waals surface area contributed by atoms with Gasteiger partial charge in [0.2, 0.25) is 0 Å². The standard InChI is InChI=1S/C13H29N3O2S/c1-4-16(5-2)13(9-6-7-10-13)12(15-14)8-11-19(3,17)18/h12,15H,4-11,14H2,1-3H3. The first-order valence-corrected chi connectivity index (χ1v) is 9.34. The minimum Gasteiger partial charge on any atom is -0.297 e. The van der Waals surface area contributed by atoms with E-state index in [1.165, 1.54) is 19.1 Å². The molecule has 1 rings (SSSR count). The molecule has 1 aliphatic rings. The number of likely N-dealkylation sites (N-methyl/N-ethyl adjacent to an activating group) is 1. The van der Waals surface area contributed by atoms with E-state index >= 15 is 0 Å². The van der Waals surface area contributed by atoms with Gasteiger partial charge in [-0.25, -0.2) is 8.42 Å². The summed E-state index contributed by atoms with van der Waals surface area (Å²) in [4.78, 5) is 2.45. The molecule has 0 radical (unpaired) electrons. The predicted molar refractivity (Wildman–Crippen MR) is 79.6 cm³/mol. The molecule has 6 heteroatoms. The number of hydrogen-bond acceptors (Lipinski definition) is 5. The van der Waals surface area contributed by atoms with Crippen LogP contribution in [0.2, 0.25) is 0 Å². The summed E-state index contributed by atoms with van der Waals surface area (Å²) in [6.07, 6.45) is 6.49. The SMILES string of the molecule is CCN(CC)C1(C(CCS(C)(=O)=O)NN)CCCC1. The van der Waals surface area contributed by atoms with Gasteiger partial charge in [-0.2, -0.15) is 0 Å². The molecule has 0 aliphatic heterocycles. The van der Waals surface area contributed by atoms with Crippen molar-refractivity contribution in [2.45, 2.75) is 57.5 Å². The summed E-state index contributed by atoms with van der Waals surface area (Å²) in [5, 5.41) is 0. The van der Waals surface area contributed by atoms with Gasteiger partial charge in [0.25, 0.3) is 0 Å². The van der Waals surface area contributed by atoms with E-state index in [0.717, 1.165) is 25.9 Å². The van der Waals surface area contributed by atoms with Crippen molar-refractivity contribution in [1.82, 2.24) is 10.3 Å². The van der Waals surface area contributed by atoms with Crippen molar-refractivity contribution in [1.29, 1.82) is 0 Å². The Morgan fingerprint density at radius 3 is 2.16 bits per heavy atom. The van der Waals surface area contributed by atoms with Crippen LogP contribution in [0, 0.1) is 0 Å². The number of sulfone groups is 1. The van der Waals surface area contributed by atoms with Crippen molar-refractivity contribution >= 4 is 9.84 Å². The topological polar surface area (TPSA) is 75.4 Å². The number of nitrogens with zero attached hydrogens (tertiary/aromatic N) is 1. The van der Waals surface area contributed by atoms with Crippen LogP contribution < -0.4 is 11.3 Å². The molecule has 1 unspecified atom stereocenters. The number of rotatable bonds is 8. The molecule has 0 bridgehead atoms. The Bertz CT molecular complexity index is 360. The molecule has 0 aromatic rings. The van der Waals surface area contributed by atoms with Crippen LogP contribution in [-0.2, 0) is 9.84 Å². The number of hydrogen-bond donors (Lipinski definition) is 2. The average molecular weight is 291 g/mol. The van der Waals surface area contributed by atoms with Crippen LogP contribution in [0.15, 0.2) is 0 Å². The van der Waals surface area contributed by atoms with Crippen LogP contribution in [-0.4, -0.2) is 50.0 Å². The fourth-order valence-corrected chi connectivity index (χ4v) is 4.23. The summed E-state index contributed by atoms with van der Waals surface area (Å²) >= 11 is 0. The maximum Gasteiger partial charge on any atom is 0.147 e. The van der Waals surface area contributed by atoms with Gasteiger partial charge in [-0.15, -0.1) is 0 Å². The minimum atomic E-state index is -2.94. The molecule has 0 aromatic carbocycles. The molecule has 3 N–H and O–H groups in total. The maximum absolute atomic E-state index is 11.4. The van der Waals surface area contributed by atoms with E-state index < -0.39 is 9.84 Å². The van der Waals surface area contributed by atoms with Crippen molar-refractivity contribution in [2.75, 3.05) is 25.1 Å². The van der Waals surface area contributed by atoms with Crippen LogP contribution in [0.3, 0.4) is 0 Å². The van der Waals surface area contributed by atoms with Crippen LogP contribution in [0.25, 0.3) is 0 Å². The van der Waals surface area contributed by atoms with Gasteiger partial charge < -0.3 is 0 Å². The Hall–Kier alpha value is -0.170. The third-order valence-electron chi connectivity index (χ3n) is 4.49. The quantitative estimate of drug-likeness (QED) is 0.513. The molecule has 0 spiro atoms. The first kappa shape index (κ1) is 16.9. The second-order valence-electron chi connectivity index (χ2n) is 5.62. The van der Waals surface area contributed by atoms with Crippen molar-refractivity contribution in [2.24, 2.45) is 5.84 Å². The molecule has 5 nitrogen and oxygen atoms in total. The molecule has 1 aliphatic carbocycles. The third-order valence-corrected chi connectivity index (χ3v) is 5.47. The molecular formula is C13H29N3O2S. The van der Waals surface area contributed by atoms with Crippen LogP contribution in [0.1, 0.15) is 46.0 Å². The minimum absolute atomic E-state index is 0.0307. The normalized spacial score (nSPS) is 20.9. The average Bonchev–Trinajstić information content (AvgIpc) is 2.80. The summed E-state index contributed by atoms with van der Waals surface area (Å²) < 4.78 is 22.8. The molecule has 0 amide bonds. The van der Waals surface area contributed by atoms with E-state index in [1.807, 2.05) is 0 Å². The fraction of sp³-hybridized carbons (Fsp3) is 1.00.